The Morgan fingerprint density at radius 2 is 0.734 bits per heavy atom. The van der Waals surface area contributed by atoms with Crippen molar-refractivity contribution in [1.82, 2.24) is 5.32 Å². The summed E-state index contributed by atoms with van der Waals surface area (Å²) in [5, 5.41) is 23.3. The smallest absolute Gasteiger partial charge is 0.305 e. The molecule has 64 heavy (non-hydrogen) atoms. The van der Waals surface area contributed by atoms with Crippen LogP contribution in [0, 0.1) is 0 Å². The predicted octanol–water partition coefficient (Wildman–Crippen LogP) is 17.7. The summed E-state index contributed by atoms with van der Waals surface area (Å²) in [6.45, 7) is 4.94. The number of aliphatic hydroxyl groups is 2. The second kappa shape index (κ2) is 54.2. The summed E-state index contributed by atoms with van der Waals surface area (Å²) in [4.78, 5) is 24.5. The molecule has 3 N–H and O–H groups in total. The van der Waals surface area contributed by atoms with Gasteiger partial charge in [0.05, 0.1) is 25.4 Å². The third-order valence-electron chi connectivity index (χ3n) is 13.6. The Morgan fingerprint density at radius 3 is 1.11 bits per heavy atom. The number of carbonyl (C=O) groups is 2. The summed E-state index contributed by atoms with van der Waals surface area (Å²) in [5.74, 6) is -0.0526. The number of amides is 1. The van der Waals surface area contributed by atoms with Crippen molar-refractivity contribution in [3.63, 3.8) is 0 Å². The molecule has 0 aliphatic rings. The van der Waals surface area contributed by atoms with Gasteiger partial charge in [0.2, 0.25) is 5.91 Å². The molecule has 0 aliphatic heterocycles. The molecule has 0 fully saturated rings. The van der Waals surface area contributed by atoms with Crippen molar-refractivity contribution in [2.24, 2.45) is 0 Å². The summed E-state index contributed by atoms with van der Waals surface area (Å²) in [6.07, 6.45) is 63.4. The van der Waals surface area contributed by atoms with E-state index in [1.165, 1.54) is 238 Å². The van der Waals surface area contributed by atoms with E-state index >= 15 is 0 Å². The molecule has 2 unspecified atom stereocenters. The zero-order valence-electron chi connectivity index (χ0n) is 43.3. The van der Waals surface area contributed by atoms with E-state index in [2.05, 4.69) is 31.3 Å². The van der Waals surface area contributed by atoms with Gasteiger partial charge in [0.15, 0.2) is 0 Å². The van der Waals surface area contributed by atoms with Gasteiger partial charge in [-0.05, 0) is 51.4 Å². The van der Waals surface area contributed by atoms with Crippen molar-refractivity contribution in [2.75, 3.05) is 13.2 Å². The van der Waals surface area contributed by atoms with Crippen LogP contribution in [0.3, 0.4) is 0 Å². The lowest BCUT2D eigenvalue weighted by molar-refractivity contribution is -0.143. The maximum absolute atomic E-state index is 12.5. The van der Waals surface area contributed by atoms with E-state index in [0.29, 0.717) is 25.9 Å². The van der Waals surface area contributed by atoms with Gasteiger partial charge in [-0.2, -0.15) is 0 Å². The first-order chi connectivity index (χ1) is 31.5. The number of hydrogen-bond acceptors (Lipinski definition) is 5. The molecule has 1 amide bonds. The maximum atomic E-state index is 12.5. The highest BCUT2D eigenvalue weighted by Gasteiger charge is 2.20. The Morgan fingerprint density at radius 1 is 0.422 bits per heavy atom. The number of hydrogen-bond donors (Lipinski definition) is 3. The molecular formula is C58H113NO5. The number of unbranched alkanes of at least 4 members (excludes halogenated alkanes) is 41. The largest absolute Gasteiger partial charge is 0.466 e. The third-order valence-corrected chi connectivity index (χ3v) is 13.6. The zero-order chi connectivity index (χ0) is 46.5. The Bertz CT molecular complexity index is 955. The number of ether oxygens (including phenoxy) is 1. The first kappa shape index (κ1) is 62.6. The molecule has 6 heteroatoms. The average Bonchev–Trinajstić information content (AvgIpc) is 3.29. The summed E-state index contributed by atoms with van der Waals surface area (Å²) < 4.78 is 5.47. The molecule has 6 nitrogen and oxygen atoms in total. The first-order valence-corrected chi connectivity index (χ1v) is 28.9. The van der Waals surface area contributed by atoms with Crippen LogP contribution in [0.15, 0.2) is 12.2 Å². The van der Waals surface area contributed by atoms with E-state index < -0.39 is 12.1 Å². The monoisotopic (exact) mass is 904 g/mol. The maximum Gasteiger partial charge on any atom is 0.305 e. The predicted molar refractivity (Wildman–Crippen MR) is 278 cm³/mol. The molecule has 0 bridgehead atoms. The normalized spacial score (nSPS) is 12.6. The van der Waals surface area contributed by atoms with Gasteiger partial charge in [-0.25, -0.2) is 0 Å². The Balaban J connectivity index is 3.44. The van der Waals surface area contributed by atoms with Gasteiger partial charge in [0.1, 0.15) is 0 Å². The average molecular weight is 905 g/mol. The van der Waals surface area contributed by atoms with Crippen LogP contribution in [0.5, 0.6) is 0 Å². The van der Waals surface area contributed by atoms with E-state index in [0.717, 1.165) is 51.4 Å². The summed E-state index contributed by atoms with van der Waals surface area (Å²) in [6, 6.07) is -0.549. The van der Waals surface area contributed by atoms with Gasteiger partial charge < -0.3 is 20.3 Å². The van der Waals surface area contributed by atoms with Crippen LogP contribution in [-0.2, 0) is 14.3 Å². The molecule has 380 valence electrons. The van der Waals surface area contributed by atoms with Gasteiger partial charge in [-0.15, -0.1) is 0 Å². The van der Waals surface area contributed by atoms with Crippen molar-refractivity contribution in [1.29, 1.82) is 0 Å². The van der Waals surface area contributed by atoms with E-state index in [-0.39, 0.29) is 18.5 Å². The van der Waals surface area contributed by atoms with Crippen LogP contribution in [-0.4, -0.2) is 47.4 Å². The summed E-state index contributed by atoms with van der Waals surface area (Å²) in [5.41, 5.74) is 0. The lowest BCUT2D eigenvalue weighted by Gasteiger charge is -2.22. The second-order valence-electron chi connectivity index (χ2n) is 20.0. The number of allylic oxidation sites excluding steroid dienone is 2. The van der Waals surface area contributed by atoms with Crippen LogP contribution < -0.4 is 5.32 Å². The van der Waals surface area contributed by atoms with Crippen LogP contribution in [0.1, 0.15) is 322 Å². The molecule has 0 radical (unpaired) electrons. The number of nitrogens with one attached hydrogen (secondary N) is 1. The molecule has 0 heterocycles. The molecule has 0 aromatic carbocycles. The van der Waals surface area contributed by atoms with Crippen LogP contribution in [0.2, 0.25) is 0 Å². The van der Waals surface area contributed by atoms with Gasteiger partial charge >= 0.3 is 5.97 Å². The van der Waals surface area contributed by atoms with E-state index in [1.807, 2.05) is 0 Å². The fourth-order valence-corrected chi connectivity index (χ4v) is 9.11. The molecule has 0 aromatic rings. The highest BCUT2D eigenvalue weighted by molar-refractivity contribution is 5.76. The molecule has 0 saturated heterocycles. The van der Waals surface area contributed by atoms with E-state index in [1.54, 1.807) is 0 Å². The van der Waals surface area contributed by atoms with Crippen molar-refractivity contribution in [3.8, 4) is 0 Å². The summed E-state index contributed by atoms with van der Waals surface area (Å²) in [7, 11) is 0. The van der Waals surface area contributed by atoms with E-state index in [4.69, 9.17) is 4.74 Å². The minimum Gasteiger partial charge on any atom is -0.466 e. The van der Waals surface area contributed by atoms with Crippen molar-refractivity contribution in [2.45, 2.75) is 334 Å². The van der Waals surface area contributed by atoms with Crippen molar-refractivity contribution in [3.05, 3.63) is 12.2 Å². The molecule has 0 rings (SSSR count). The van der Waals surface area contributed by atoms with E-state index in [9.17, 15) is 19.8 Å². The number of rotatable bonds is 54. The molecule has 0 spiro atoms. The number of carbonyl (C=O) groups excluding carboxylic acids is 2. The number of esters is 1. The summed E-state index contributed by atoms with van der Waals surface area (Å²) >= 11 is 0. The minimum atomic E-state index is -0.671. The van der Waals surface area contributed by atoms with Crippen LogP contribution in [0.25, 0.3) is 0 Å². The van der Waals surface area contributed by atoms with Gasteiger partial charge in [-0.1, -0.05) is 270 Å². The SMILES string of the molecule is CCCCCCC/C=C\CCCCCCCC(=O)OCCCCCCCCCCCCCCCCC(=O)NC(CO)C(O)CCCCCCCCCCCCCCCCCCCCC. The van der Waals surface area contributed by atoms with Crippen molar-refractivity contribution < 1.29 is 24.5 Å². The second-order valence-corrected chi connectivity index (χ2v) is 20.0. The standard InChI is InChI=1S/C58H113NO5/c1-3-5-7-9-11-13-15-17-19-20-21-22-23-26-30-34-38-42-46-50-56(61)55(54-60)59-57(62)51-47-43-39-35-31-27-24-25-29-33-37-41-45-49-53-64-58(63)52-48-44-40-36-32-28-18-16-14-12-10-8-6-4-2/h16,18,55-56,60-61H,3-15,17,19-54H2,1-2H3,(H,59,62)/b18-16-. The van der Waals surface area contributed by atoms with Crippen LogP contribution in [0.4, 0.5) is 0 Å². The van der Waals surface area contributed by atoms with Gasteiger partial charge in [0.25, 0.3) is 0 Å². The Kier molecular flexibility index (Phi) is 53.0. The molecule has 2 atom stereocenters. The zero-order valence-corrected chi connectivity index (χ0v) is 43.3. The molecular weight excluding hydrogens is 791 g/mol. The third kappa shape index (κ3) is 50.0. The molecule has 0 aromatic heterocycles. The van der Waals surface area contributed by atoms with Crippen molar-refractivity contribution >= 4 is 11.9 Å². The lowest BCUT2D eigenvalue weighted by Crippen LogP contribution is -2.45. The topological polar surface area (TPSA) is 95.9 Å². The fourth-order valence-electron chi connectivity index (χ4n) is 9.11. The first-order valence-electron chi connectivity index (χ1n) is 28.9. The molecule has 0 aliphatic carbocycles. The highest BCUT2D eigenvalue weighted by atomic mass is 16.5. The van der Waals surface area contributed by atoms with Crippen LogP contribution >= 0.6 is 0 Å². The Labute approximate surface area is 399 Å². The quantitative estimate of drug-likeness (QED) is 0.0321. The fraction of sp³-hybridized carbons (Fsp3) is 0.931. The highest BCUT2D eigenvalue weighted by Crippen LogP contribution is 2.17. The molecule has 0 saturated carbocycles. The van der Waals surface area contributed by atoms with Gasteiger partial charge in [0, 0.05) is 12.8 Å². The minimum absolute atomic E-state index is 0.00983. The Hall–Kier alpha value is -1.40. The van der Waals surface area contributed by atoms with Gasteiger partial charge in [-0.3, -0.25) is 9.59 Å². The lowest BCUT2D eigenvalue weighted by atomic mass is 10.0. The number of aliphatic hydroxyl groups excluding tert-OH is 2.